The Morgan fingerprint density at radius 3 is 1.51 bits per heavy atom. The number of halogens is 7. The Morgan fingerprint density at radius 2 is 1.11 bits per heavy atom. The normalized spacial score (nSPS) is 27.4. The van der Waals surface area contributed by atoms with Crippen LogP contribution in [-0.2, 0) is 33.4 Å². The zero-order valence-corrected chi connectivity index (χ0v) is 33.1. The first-order chi connectivity index (χ1) is 28.7. The van der Waals surface area contributed by atoms with Gasteiger partial charge < -0.3 is 102 Å². The highest BCUT2D eigenvalue weighted by Crippen LogP contribution is 2.60. The van der Waals surface area contributed by atoms with Crippen molar-refractivity contribution in [3.63, 3.8) is 0 Å². The van der Waals surface area contributed by atoms with E-state index in [4.69, 9.17) is 0 Å². The highest BCUT2D eigenvalue weighted by atomic mass is 19.4. The Hall–Kier alpha value is -4.95. The number of aliphatic hydroxyl groups is 14. The summed E-state index contributed by atoms with van der Waals surface area (Å²) in [6.45, 7) is -1.70. The Bertz CT molecular complexity index is 2250. The molecule has 2 fully saturated rings. The molecule has 0 radical (unpaired) electrons. The fraction of sp³-hybridized carbons (Fsp3) is 0.562. The Kier molecular flexibility index (Phi) is 12.0. The van der Waals surface area contributed by atoms with Crippen molar-refractivity contribution in [3.05, 3.63) is 33.6 Å². The third-order valence-corrected chi connectivity index (χ3v) is 11.2. The van der Waals surface area contributed by atoms with E-state index in [1.807, 2.05) is 0 Å². The van der Waals surface area contributed by atoms with Gasteiger partial charge in [0.1, 0.15) is 40.1 Å². The fourth-order valence-electron chi connectivity index (χ4n) is 7.77. The number of carbonyl (C=O) groups excluding carboxylic acids is 2. The molecule has 0 aliphatic carbocycles. The van der Waals surface area contributed by atoms with E-state index in [1.165, 1.54) is 0 Å². The molecule has 0 spiro atoms. The van der Waals surface area contributed by atoms with E-state index in [1.54, 1.807) is 0 Å². The summed E-state index contributed by atoms with van der Waals surface area (Å²) in [5.74, 6) is -47.8. The smallest absolute Gasteiger partial charge is 0.423 e. The molecule has 0 aromatic heterocycles. The van der Waals surface area contributed by atoms with Crippen LogP contribution < -0.4 is 0 Å². The maximum atomic E-state index is 14.8. The number of alkyl halides is 6. The molecule has 5 atom stereocenters. The molecule has 33 heteroatoms. The van der Waals surface area contributed by atoms with Gasteiger partial charge in [-0.1, -0.05) is 0 Å². The summed E-state index contributed by atoms with van der Waals surface area (Å²) in [5.41, 5.74) is -25.8. The highest BCUT2D eigenvalue weighted by Gasteiger charge is 2.85. The number of aromatic hydroxyl groups is 6. The van der Waals surface area contributed by atoms with Crippen LogP contribution in [-0.4, -0.2) is 194 Å². The highest BCUT2D eigenvalue weighted by molar-refractivity contribution is 5.81. The zero-order valence-electron chi connectivity index (χ0n) is 33.1. The predicted molar refractivity (Wildman–Crippen MR) is 181 cm³/mol. The minimum atomic E-state index is -6.18. The van der Waals surface area contributed by atoms with E-state index in [0.29, 0.717) is 13.8 Å². The minimum Gasteiger partial charge on any atom is -0.507 e. The molecule has 2 aliphatic rings. The molecule has 26 nitrogen and oxygen atoms in total. The first-order valence-electron chi connectivity index (χ1n) is 17.3. The number of rotatable bonds is 6. The lowest BCUT2D eigenvalue weighted by molar-refractivity contribution is -0.571. The van der Waals surface area contributed by atoms with E-state index < -0.39 is 172 Å². The second-order valence-electron chi connectivity index (χ2n) is 15.3. The lowest BCUT2D eigenvalue weighted by Gasteiger charge is -2.68. The van der Waals surface area contributed by atoms with Crippen LogP contribution in [0.15, 0.2) is 0 Å². The zero-order chi connectivity index (χ0) is 51.3. The van der Waals surface area contributed by atoms with Gasteiger partial charge in [-0.3, -0.25) is 19.4 Å². The average molecular weight is 965 g/mol. The molecule has 2 aromatic carbocycles. The summed E-state index contributed by atoms with van der Waals surface area (Å²) in [5, 5.41) is 222. The van der Waals surface area contributed by atoms with Crippen LogP contribution in [0.1, 0.15) is 48.6 Å². The maximum absolute atomic E-state index is 14.8. The van der Waals surface area contributed by atoms with Gasteiger partial charge in [0.2, 0.25) is 35.4 Å². The number of likely N-dealkylation sites (tertiary alicyclic amines) is 1. The number of piperidine rings is 1. The second kappa shape index (κ2) is 14.8. The molecule has 2 saturated heterocycles. The largest absolute Gasteiger partial charge is 0.507 e. The van der Waals surface area contributed by atoms with Crippen molar-refractivity contribution >= 4 is 11.8 Å². The number of phenols is 6. The topological polar surface area (TPSA) is 452 Å². The van der Waals surface area contributed by atoms with E-state index in [0.717, 1.165) is 0 Å². The van der Waals surface area contributed by atoms with Crippen molar-refractivity contribution in [2.75, 3.05) is 13.6 Å². The van der Waals surface area contributed by atoms with Crippen LogP contribution in [0.4, 0.5) is 30.7 Å². The number of hydrogen-bond acceptors (Lipinski definition) is 24. The number of piperazine rings is 1. The van der Waals surface area contributed by atoms with Gasteiger partial charge in [0, 0.05) is 12.5 Å². The number of hydrogen-bond donors (Lipinski definition) is 20. The molecular formula is C32H39F7N4O22. The summed E-state index contributed by atoms with van der Waals surface area (Å²) in [7, 11) is 0.224. The number of phenolic OH excluding ortho intramolecular Hbond substituents is 6. The van der Waals surface area contributed by atoms with Crippen LogP contribution in [0.3, 0.4) is 0 Å². The fourth-order valence-corrected chi connectivity index (χ4v) is 7.77. The van der Waals surface area contributed by atoms with Crippen molar-refractivity contribution in [2.24, 2.45) is 0 Å². The van der Waals surface area contributed by atoms with Crippen LogP contribution in [0.25, 0.3) is 0 Å². The van der Waals surface area contributed by atoms with Crippen LogP contribution in [0.5, 0.6) is 34.5 Å². The number of likely N-dealkylation sites (N-methyl/N-ethyl adjacent to an activating group) is 1. The van der Waals surface area contributed by atoms with Gasteiger partial charge in [0.25, 0.3) is 17.6 Å². The summed E-state index contributed by atoms with van der Waals surface area (Å²) >= 11 is 0. The monoisotopic (exact) mass is 964 g/mol. The number of amides is 2. The number of benzene rings is 2. The van der Waals surface area contributed by atoms with Crippen molar-refractivity contribution < 1.29 is 142 Å². The molecule has 2 heterocycles. The molecular weight excluding hydrogens is 925 g/mol. The van der Waals surface area contributed by atoms with Crippen molar-refractivity contribution in [3.8, 4) is 34.5 Å². The quantitative estimate of drug-likeness (QED) is 0.0555. The number of aliphatic hydroxyl groups excluding tert-OH is 1. The number of carbonyl (C=O) groups is 2. The van der Waals surface area contributed by atoms with E-state index >= 15 is 0 Å². The molecule has 368 valence electrons. The molecule has 65 heavy (non-hydrogen) atoms. The van der Waals surface area contributed by atoms with Gasteiger partial charge in [-0.15, -0.1) is 0 Å². The summed E-state index contributed by atoms with van der Waals surface area (Å²) in [6.07, 6.45) is -16.1. The molecule has 20 N–H and O–H groups in total. The van der Waals surface area contributed by atoms with Gasteiger partial charge in [-0.25, -0.2) is 4.90 Å². The van der Waals surface area contributed by atoms with Gasteiger partial charge in [-0.05, 0) is 27.8 Å². The molecule has 4 rings (SSSR count). The van der Waals surface area contributed by atoms with Crippen LogP contribution >= 0.6 is 0 Å². The van der Waals surface area contributed by atoms with E-state index in [2.05, 4.69) is 0 Å². The molecule has 0 saturated carbocycles. The standard InChI is InChI=1S/C32H39F7N4O22/c1-7-10(19(50)20(51)14(33)15(7)46)25(55)26(56,57)21(43-24(4,54)31(62,63)41(8(2)44)22(52)30(43,60)61)27(58,59)32(64,65)42(25)9(45)6-40(5)23(3,53)11-16(47)12(28(34,35)36)18(49)13(17(11)48)29(37,38)39/h21-22,46-65H,6H2,1-5H3. The first kappa shape index (κ1) is 52.7. The Balaban J connectivity index is 2.15. The van der Waals surface area contributed by atoms with Crippen molar-refractivity contribution in [1.29, 1.82) is 0 Å². The summed E-state index contributed by atoms with van der Waals surface area (Å²) in [6, 6.07) is -4.52. The SMILES string of the molecule is CC(=O)N1C(O)C(O)(O)N(C2C(O)(O)C(O)(O)N(C(=O)CN(C)C(C)(O)c3c(O)c(C(F)(F)F)c(O)c(C(F)(F)F)c3O)C(O)(c3c(C)c(O)c(F)c(O)c3O)C2(O)O)C(C)(O)C1(O)O. The Labute approximate surface area is 354 Å². The second-order valence-corrected chi connectivity index (χ2v) is 15.3. The van der Waals surface area contributed by atoms with E-state index in [-0.39, 0.29) is 25.8 Å². The molecule has 0 bridgehead atoms. The first-order valence-corrected chi connectivity index (χ1v) is 17.3. The van der Waals surface area contributed by atoms with Crippen molar-refractivity contribution in [1.82, 2.24) is 19.6 Å². The average Bonchev–Trinajstić information content (AvgIpc) is 3.08. The van der Waals surface area contributed by atoms with Crippen LogP contribution in [0.2, 0.25) is 0 Å². The maximum Gasteiger partial charge on any atom is 0.423 e. The van der Waals surface area contributed by atoms with Gasteiger partial charge >= 0.3 is 18.3 Å². The third-order valence-electron chi connectivity index (χ3n) is 11.2. The lowest BCUT2D eigenvalue weighted by atomic mass is 9.72. The molecule has 2 aliphatic heterocycles. The molecule has 5 unspecified atom stereocenters. The predicted octanol–water partition coefficient (Wildman–Crippen LogP) is -5.97. The minimum absolute atomic E-state index is 0.0684. The molecule has 2 aromatic rings. The lowest BCUT2D eigenvalue weighted by Crippen LogP contribution is -2.96. The van der Waals surface area contributed by atoms with Crippen molar-refractivity contribution in [2.45, 2.75) is 98.8 Å². The van der Waals surface area contributed by atoms with Gasteiger partial charge in [0.15, 0.2) is 23.0 Å². The van der Waals surface area contributed by atoms with E-state index in [9.17, 15) is 142 Å². The third kappa shape index (κ3) is 6.81. The summed E-state index contributed by atoms with van der Waals surface area (Å²) in [4.78, 5) is 22.7. The molecule has 2 amide bonds. The van der Waals surface area contributed by atoms with Gasteiger partial charge in [-0.2, -0.15) is 35.6 Å². The number of nitrogens with zero attached hydrogens (tertiary/aromatic N) is 4. The van der Waals surface area contributed by atoms with Gasteiger partial charge in [0.05, 0.1) is 17.7 Å². The summed E-state index contributed by atoms with van der Waals surface area (Å²) < 4.78 is 98.5. The van der Waals surface area contributed by atoms with Crippen LogP contribution in [0, 0.1) is 12.7 Å². The Morgan fingerprint density at radius 1 is 0.692 bits per heavy atom.